The predicted molar refractivity (Wildman–Crippen MR) is 93.0 cm³/mol. The molecule has 0 unspecified atom stereocenters. The van der Waals surface area contributed by atoms with Gasteiger partial charge in [-0.25, -0.2) is 9.97 Å². The normalized spacial score (nSPS) is 17.3. The number of anilines is 1. The molecule has 1 N–H and O–H groups in total. The van der Waals surface area contributed by atoms with E-state index in [1.807, 2.05) is 30.5 Å². The molecule has 3 aromatic rings. The maximum Gasteiger partial charge on any atom is 0.223 e. The molecule has 0 aromatic carbocycles. The molecule has 4 rings (SSSR count). The van der Waals surface area contributed by atoms with Crippen LogP contribution < -0.4 is 5.32 Å². The molecule has 4 heterocycles. The van der Waals surface area contributed by atoms with Gasteiger partial charge in [0.1, 0.15) is 0 Å². The molecule has 1 atom stereocenters. The highest BCUT2D eigenvalue weighted by atomic mass is 32.1. The number of rotatable bonds is 5. The molecule has 0 spiro atoms. The number of thiophene rings is 1. The van der Waals surface area contributed by atoms with Gasteiger partial charge in [0.15, 0.2) is 5.76 Å². The number of aromatic nitrogens is 3. The lowest BCUT2D eigenvalue weighted by Gasteiger charge is -2.12. The number of nitrogens with one attached hydrogen (secondary N) is 1. The molecule has 1 saturated heterocycles. The van der Waals surface area contributed by atoms with Crippen molar-refractivity contribution in [1.29, 1.82) is 0 Å². The third kappa shape index (κ3) is 3.18. The van der Waals surface area contributed by atoms with Crippen LogP contribution in [0.25, 0.3) is 21.9 Å². The van der Waals surface area contributed by atoms with Crippen molar-refractivity contribution in [1.82, 2.24) is 15.1 Å². The van der Waals surface area contributed by atoms with Crippen molar-refractivity contribution in [3.63, 3.8) is 0 Å². The van der Waals surface area contributed by atoms with E-state index < -0.39 is 0 Å². The zero-order chi connectivity index (χ0) is 16.4. The summed E-state index contributed by atoms with van der Waals surface area (Å²) in [4.78, 5) is 10.2. The van der Waals surface area contributed by atoms with E-state index in [-0.39, 0.29) is 6.10 Å². The minimum Gasteiger partial charge on any atom is -0.376 e. The lowest BCUT2D eigenvalue weighted by molar-refractivity contribution is 0.120. The molecule has 124 valence electrons. The molecule has 0 aliphatic carbocycles. The predicted octanol–water partition coefficient (Wildman–Crippen LogP) is 3.76. The van der Waals surface area contributed by atoms with Gasteiger partial charge in [0.05, 0.1) is 27.9 Å². The van der Waals surface area contributed by atoms with E-state index in [1.54, 1.807) is 17.5 Å². The third-order valence-corrected chi connectivity index (χ3v) is 4.83. The number of nitrogens with zero attached hydrogens (tertiary/aromatic N) is 3. The maximum absolute atomic E-state index is 5.63. The van der Waals surface area contributed by atoms with Crippen LogP contribution in [-0.2, 0) is 4.74 Å². The highest BCUT2D eigenvalue weighted by Crippen LogP contribution is 2.33. The van der Waals surface area contributed by atoms with E-state index in [2.05, 4.69) is 15.5 Å². The highest BCUT2D eigenvalue weighted by molar-refractivity contribution is 7.13. The Balaban J connectivity index is 1.64. The van der Waals surface area contributed by atoms with E-state index >= 15 is 0 Å². The average Bonchev–Trinajstić information content (AvgIpc) is 3.35. The molecule has 1 aliphatic rings. The highest BCUT2D eigenvalue weighted by Gasteiger charge is 2.18. The Bertz CT molecular complexity index is 810. The second kappa shape index (κ2) is 6.70. The van der Waals surface area contributed by atoms with E-state index in [9.17, 15) is 0 Å². The van der Waals surface area contributed by atoms with Gasteiger partial charge in [-0.15, -0.1) is 11.3 Å². The van der Waals surface area contributed by atoms with Crippen molar-refractivity contribution in [3.05, 3.63) is 35.5 Å². The molecular formula is C17H18N4O2S. The van der Waals surface area contributed by atoms with E-state index in [4.69, 9.17) is 14.2 Å². The average molecular weight is 342 g/mol. The SMILES string of the molecule is Cc1cc(-c2cnc(NC[C@H]3CCCO3)nc2-c2cccs2)on1. The fourth-order valence-corrected chi connectivity index (χ4v) is 3.48. The number of aryl methyl sites for hydroxylation is 1. The number of hydrogen-bond donors (Lipinski definition) is 1. The van der Waals surface area contributed by atoms with Crippen LogP contribution in [0, 0.1) is 6.92 Å². The van der Waals surface area contributed by atoms with Crippen LogP contribution in [-0.4, -0.2) is 34.4 Å². The Kier molecular flexibility index (Phi) is 4.27. The zero-order valence-electron chi connectivity index (χ0n) is 13.4. The summed E-state index contributed by atoms with van der Waals surface area (Å²) in [5.41, 5.74) is 2.54. The zero-order valence-corrected chi connectivity index (χ0v) is 14.2. The van der Waals surface area contributed by atoms with Crippen LogP contribution in [0.1, 0.15) is 18.5 Å². The lowest BCUT2D eigenvalue weighted by atomic mass is 10.1. The summed E-state index contributed by atoms with van der Waals surface area (Å²) < 4.78 is 11.0. The summed E-state index contributed by atoms with van der Waals surface area (Å²) in [6.07, 6.45) is 4.24. The van der Waals surface area contributed by atoms with E-state index in [0.717, 1.165) is 47.8 Å². The molecular weight excluding hydrogens is 324 g/mol. The third-order valence-electron chi connectivity index (χ3n) is 3.95. The Labute approximate surface area is 143 Å². The van der Waals surface area contributed by atoms with Crippen molar-refractivity contribution < 1.29 is 9.26 Å². The molecule has 0 saturated carbocycles. The molecule has 0 bridgehead atoms. The van der Waals surface area contributed by atoms with Crippen LogP contribution in [0.4, 0.5) is 5.95 Å². The van der Waals surface area contributed by atoms with Gasteiger partial charge in [-0.1, -0.05) is 11.2 Å². The topological polar surface area (TPSA) is 73.1 Å². The number of hydrogen-bond acceptors (Lipinski definition) is 7. The second-order valence-electron chi connectivity index (χ2n) is 5.78. The molecule has 0 radical (unpaired) electrons. The van der Waals surface area contributed by atoms with Gasteiger partial charge in [-0.2, -0.15) is 0 Å². The van der Waals surface area contributed by atoms with Crippen LogP contribution in [0.3, 0.4) is 0 Å². The molecule has 7 heteroatoms. The Morgan fingerprint density at radius 1 is 1.42 bits per heavy atom. The molecule has 6 nitrogen and oxygen atoms in total. The Morgan fingerprint density at radius 3 is 3.08 bits per heavy atom. The van der Waals surface area contributed by atoms with Gasteiger partial charge in [0.25, 0.3) is 0 Å². The molecule has 1 fully saturated rings. The summed E-state index contributed by atoms with van der Waals surface area (Å²) in [6, 6.07) is 5.95. The first-order valence-electron chi connectivity index (χ1n) is 7.99. The summed E-state index contributed by atoms with van der Waals surface area (Å²) in [7, 11) is 0. The monoisotopic (exact) mass is 342 g/mol. The Hall–Kier alpha value is -2.25. The van der Waals surface area contributed by atoms with Crippen molar-refractivity contribution in [2.45, 2.75) is 25.9 Å². The van der Waals surface area contributed by atoms with Gasteiger partial charge < -0.3 is 14.6 Å². The lowest BCUT2D eigenvalue weighted by Crippen LogP contribution is -2.19. The fourth-order valence-electron chi connectivity index (χ4n) is 2.75. The summed E-state index contributed by atoms with van der Waals surface area (Å²) in [6.45, 7) is 3.47. The summed E-state index contributed by atoms with van der Waals surface area (Å²) >= 11 is 1.64. The van der Waals surface area contributed by atoms with Crippen molar-refractivity contribution in [3.8, 4) is 21.9 Å². The molecule has 24 heavy (non-hydrogen) atoms. The maximum atomic E-state index is 5.63. The fraction of sp³-hybridized carbons (Fsp3) is 0.353. The first-order chi connectivity index (χ1) is 11.8. The first-order valence-corrected chi connectivity index (χ1v) is 8.87. The quantitative estimate of drug-likeness (QED) is 0.761. The van der Waals surface area contributed by atoms with Crippen LogP contribution in [0.5, 0.6) is 0 Å². The van der Waals surface area contributed by atoms with Crippen LogP contribution >= 0.6 is 11.3 Å². The first kappa shape index (κ1) is 15.3. The summed E-state index contributed by atoms with van der Waals surface area (Å²) in [5.74, 6) is 1.29. The Morgan fingerprint density at radius 2 is 2.38 bits per heavy atom. The van der Waals surface area contributed by atoms with Crippen LogP contribution in [0.15, 0.2) is 34.3 Å². The summed E-state index contributed by atoms with van der Waals surface area (Å²) in [5, 5.41) is 9.29. The molecule has 0 amide bonds. The van der Waals surface area contributed by atoms with Crippen molar-refractivity contribution in [2.75, 3.05) is 18.5 Å². The second-order valence-corrected chi connectivity index (χ2v) is 6.73. The van der Waals surface area contributed by atoms with E-state index in [1.165, 1.54) is 0 Å². The minimum absolute atomic E-state index is 0.246. The largest absolute Gasteiger partial charge is 0.376 e. The van der Waals surface area contributed by atoms with Gasteiger partial charge in [-0.05, 0) is 31.2 Å². The molecule has 3 aromatic heterocycles. The standard InChI is InChI=1S/C17H18N4O2S/c1-11-8-14(23-21-11)13-10-19-17(18-9-12-4-2-6-22-12)20-16(13)15-5-3-7-24-15/h3,5,7-8,10,12H,2,4,6,9H2,1H3,(H,18,19,20)/t12-/m1/s1. The van der Waals surface area contributed by atoms with Gasteiger partial charge in [0.2, 0.25) is 5.95 Å². The van der Waals surface area contributed by atoms with E-state index in [0.29, 0.717) is 11.7 Å². The number of ether oxygens (including phenoxy) is 1. The van der Waals surface area contributed by atoms with Gasteiger partial charge >= 0.3 is 0 Å². The van der Waals surface area contributed by atoms with Gasteiger partial charge in [0, 0.05) is 25.4 Å². The van der Waals surface area contributed by atoms with Gasteiger partial charge in [-0.3, -0.25) is 0 Å². The molecule has 1 aliphatic heterocycles. The van der Waals surface area contributed by atoms with Crippen molar-refractivity contribution in [2.24, 2.45) is 0 Å². The van der Waals surface area contributed by atoms with Crippen molar-refractivity contribution >= 4 is 17.3 Å². The minimum atomic E-state index is 0.246. The smallest absolute Gasteiger partial charge is 0.223 e. The van der Waals surface area contributed by atoms with Crippen LogP contribution in [0.2, 0.25) is 0 Å².